The van der Waals surface area contributed by atoms with Gasteiger partial charge in [0.25, 0.3) is 11.8 Å². The summed E-state index contributed by atoms with van der Waals surface area (Å²) in [4.78, 5) is 27.8. The van der Waals surface area contributed by atoms with Gasteiger partial charge >= 0.3 is 0 Å². The van der Waals surface area contributed by atoms with Crippen molar-refractivity contribution in [1.29, 1.82) is 0 Å². The van der Waals surface area contributed by atoms with Crippen LogP contribution in [0.3, 0.4) is 0 Å². The molecule has 1 N–H and O–H groups in total. The number of rotatable bonds is 4. The maximum absolute atomic E-state index is 12.4. The van der Waals surface area contributed by atoms with Crippen LogP contribution in [-0.4, -0.2) is 36.1 Å². The third kappa shape index (κ3) is 3.79. The lowest BCUT2D eigenvalue weighted by molar-refractivity contribution is 0.0792. The smallest absolute Gasteiger partial charge is 0.255 e. The zero-order chi connectivity index (χ0) is 16.9. The van der Waals surface area contributed by atoms with Crippen LogP contribution >= 0.6 is 11.8 Å². The van der Waals surface area contributed by atoms with Crippen LogP contribution in [0.5, 0.6) is 0 Å². The van der Waals surface area contributed by atoms with Gasteiger partial charge in [-0.25, -0.2) is 0 Å². The summed E-state index contributed by atoms with van der Waals surface area (Å²) in [6, 6.07) is 14.6. The van der Waals surface area contributed by atoms with Gasteiger partial charge in [-0.05, 0) is 61.6 Å². The molecule has 2 amide bonds. The van der Waals surface area contributed by atoms with Gasteiger partial charge < -0.3 is 10.2 Å². The molecule has 0 saturated carbocycles. The molecule has 2 aromatic carbocycles. The monoisotopic (exact) mass is 340 g/mol. The predicted octanol–water partition coefficient (Wildman–Crippen LogP) is 3.90. The van der Waals surface area contributed by atoms with Gasteiger partial charge in [0, 0.05) is 34.8 Å². The van der Waals surface area contributed by atoms with Crippen LogP contribution in [0.1, 0.15) is 33.6 Å². The Balaban J connectivity index is 1.71. The summed E-state index contributed by atoms with van der Waals surface area (Å²) in [5.74, 6) is -0.138. The first kappa shape index (κ1) is 16.6. The molecular weight excluding hydrogens is 320 g/mol. The molecule has 0 atom stereocenters. The molecule has 5 heteroatoms. The first-order valence-electron chi connectivity index (χ1n) is 8.02. The van der Waals surface area contributed by atoms with Crippen LogP contribution in [0, 0.1) is 0 Å². The number of hydrogen-bond acceptors (Lipinski definition) is 3. The summed E-state index contributed by atoms with van der Waals surface area (Å²) in [6.07, 6.45) is 4.13. The molecule has 1 saturated heterocycles. The van der Waals surface area contributed by atoms with Crippen LogP contribution in [0.2, 0.25) is 0 Å². The normalized spacial score (nSPS) is 13.8. The lowest BCUT2D eigenvalue weighted by Gasteiger charge is -2.15. The second-order valence-electron chi connectivity index (χ2n) is 5.76. The average molecular weight is 340 g/mol. The van der Waals surface area contributed by atoms with E-state index in [1.165, 1.54) is 0 Å². The number of amides is 2. The highest BCUT2D eigenvalue weighted by molar-refractivity contribution is 7.98. The number of benzene rings is 2. The fraction of sp³-hybridized carbons (Fsp3) is 0.263. The van der Waals surface area contributed by atoms with Crippen LogP contribution in [0.25, 0.3) is 0 Å². The van der Waals surface area contributed by atoms with E-state index < -0.39 is 0 Å². The number of likely N-dealkylation sites (tertiary alicyclic amines) is 1. The fourth-order valence-corrected chi connectivity index (χ4v) is 3.19. The first-order chi connectivity index (χ1) is 11.7. The standard InChI is InChI=1S/C19H20N2O2S/c1-24-17-9-7-14(8-10-17)18(22)20-16-6-4-5-15(13-16)19(23)21-11-2-3-12-21/h4-10,13H,2-3,11-12H2,1H3,(H,20,22). The topological polar surface area (TPSA) is 49.4 Å². The molecule has 0 aromatic heterocycles. The minimum atomic E-state index is -0.173. The van der Waals surface area contributed by atoms with Gasteiger partial charge in [0.1, 0.15) is 0 Å². The Hall–Kier alpha value is -2.27. The minimum Gasteiger partial charge on any atom is -0.339 e. The second-order valence-corrected chi connectivity index (χ2v) is 6.64. The molecule has 2 aromatic rings. The summed E-state index contributed by atoms with van der Waals surface area (Å²) in [6.45, 7) is 1.63. The molecule has 0 unspecified atom stereocenters. The van der Waals surface area contributed by atoms with E-state index in [1.807, 2.05) is 23.3 Å². The predicted molar refractivity (Wildman–Crippen MR) is 97.8 cm³/mol. The van der Waals surface area contributed by atoms with Gasteiger partial charge in [-0.3, -0.25) is 9.59 Å². The zero-order valence-corrected chi connectivity index (χ0v) is 14.4. The largest absolute Gasteiger partial charge is 0.339 e. The minimum absolute atomic E-state index is 0.0351. The van der Waals surface area contributed by atoms with Crippen molar-refractivity contribution in [3.8, 4) is 0 Å². The Morgan fingerprint density at radius 2 is 1.71 bits per heavy atom. The van der Waals surface area contributed by atoms with Crippen LogP contribution < -0.4 is 5.32 Å². The van der Waals surface area contributed by atoms with E-state index in [-0.39, 0.29) is 11.8 Å². The third-order valence-corrected chi connectivity index (χ3v) is 4.86. The summed E-state index contributed by atoms with van der Waals surface area (Å²) in [5, 5.41) is 2.87. The number of nitrogens with zero attached hydrogens (tertiary/aromatic N) is 1. The lowest BCUT2D eigenvalue weighted by Crippen LogP contribution is -2.27. The van der Waals surface area contributed by atoms with Crippen molar-refractivity contribution < 1.29 is 9.59 Å². The Morgan fingerprint density at radius 1 is 1.00 bits per heavy atom. The Morgan fingerprint density at radius 3 is 2.38 bits per heavy atom. The molecule has 124 valence electrons. The molecule has 0 bridgehead atoms. The van der Waals surface area contributed by atoms with Gasteiger partial charge in [0.15, 0.2) is 0 Å². The molecule has 0 aliphatic carbocycles. The Labute approximate surface area is 146 Å². The summed E-state index contributed by atoms with van der Waals surface area (Å²) in [5.41, 5.74) is 1.86. The fourth-order valence-electron chi connectivity index (χ4n) is 2.78. The molecule has 24 heavy (non-hydrogen) atoms. The Bertz CT molecular complexity index is 737. The second kappa shape index (κ2) is 7.53. The number of carbonyl (C=O) groups is 2. The van der Waals surface area contributed by atoms with E-state index in [2.05, 4.69) is 5.32 Å². The van der Waals surface area contributed by atoms with E-state index >= 15 is 0 Å². The average Bonchev–Trinajstić information content (AvgIpc) is 3.16. The number of thioether (sulfide) groups is 1. The highest BCUT2D eigenvalue weighted by Gasteiger charge is 2.19. The van der Waals surface area contributed by atoms with E-state index in [1.54, 1.807) is 48.2 Å². The van der Waals surface area contributed by atoms with Crippen molar-refractivity contribution >= 4 is 29.3 Å². The maximum Gasteiger partial charge on any atom is 0.255 e. The van der Waals surface area contributed by atoms with Gasteiger partial charge in [-0.2, -0.15) is 0 Å². The zero-order valence-electron chi connectivity index (χ0n) is 13.6. The van der Waals surface area contributed by atoms with Crippen LogP contribution in [-0.2, 0) is 0 Å². The number of anilines is 1. The van der Waals surface area contributed by atoms with E-state index in [0.717, 1.165) is 30.8 Å². The highest BCUT2D eigenvalue weighted by Crippen LogP contribution is 2.18. The SMILES string of the molecule is CSc1ccc(C(=O)Nc2cccc(C(=O)N3CCCC3)c2)cc1. The van der Waals surface area contributed by atoms with Crippen LogP contribution in [0.15, 0.2) is 53.4 Å². The van der Waals surface area contributed by atoms with Crippen molar-refractivity contribution in [2.75, 3.05) is 24.7 Å². The molecule has 1 heterocycles. The molecule has 0 spiro atoms. The first-order valence-corrected chi connectivity index (χ1v) is 9.24. The maximum atomic E-state index is 12.4. The molecule has 1 fully saturated rings. The van der Waals surface area contributed by atoms with E-state index in [0.29, 0.717) is 16.8 Å². The van der Waals surface area contributed by atoms with E-state index in [4.69, 9.17) is 0 Å². The molecule has 1 aliphatic rings. The molecule has 3 rings (SSSR count). The number of nitrogens with one attached hydrogen (secondary N) is 1. The Kier molecular flexibility index (Phi) is 5.20. The van der Waals surface area contributed by atoms with E-state index in [9.17, 15) is 9.59 Å². The molecule has 4 nitrogen and oxygen atoms in total. The van der Waals surface area contributed by atoms with Gasteiger partial charge in [-0.1, -0.05) is 6.07 Å². The van der Waals surface area contributed by atoms with Crippen molar-refractivity contribution in [1.82, 2.24) is 4.90 Å². The van der Waals surface area contributed by atoms with Crippen molar-refractivity contribution in [3.63, 3.8) is 0 Å². The molecule has 1 aliphatic heterocycles. The summed E-state index contributed by atoms with van der Waals surface area (Å²) < 4.78 is 0. The third-order valence-electron chi connectivity index (χ3n) is 4.11. The highest BCUT2D eigenvalue weighted by atomic mass is 32.2. The van der Waals surface area contributed by atoms with Crippen molar-refractivity contribution in [2.45, 2.75) is 17.7 Å². The van der Waals surface area contributed by atoms with Gasteiger partial charge in [-0.15, -0.1) is 11.8 Å². The van der Waals surface area contributed by atoms with Gasteiger partial charge in [0.05, 0.1) is 0 Å². The lowest BCUT2D eigenvalue weighted by atomic mass is 10.1. The van der Waals surface area contributed by atoms with Crippen LogP contribution in [0.4, 0.5) is 5.69 Å². The number of carbonyl (C=O) groups excluding carboxylic acids is 2. The molecule has 0 radical (unpaired) electrons. The van der Waals surface area contributed by atoms with Crippen molar-refractivity contribution in [2.24, 2.45) is 0 Å². The quantitative estimate of drug-likeness (QED) is 0.859. The van der Waals surface area contributed by atoms with Gasteiger partial charge in [0.2, 0.25) is 0 Å². The number of hydrogen-bond donors (Lipinski definition) is 1. The molecular formula is C19H20N2O2S. The summed E-state index contributed by atoms with van der Waals surface area (Å²) >= 11 is 1.64. The van der Waals surface area contributed by atoms with Crippen molar-refractivity contribution in [3.05, 3.63) is 59.7 Å². The summed E-state index contributed by atoms with van der Waals surface area (Å²) in [7, 11) is 0.